The van der Waals surface area contributed by atoms with E-state index in [2.05, 4.69) is 23.8 Å². The third kappa shape index (κ3) is 3.47. The topological polar surface area (TPSA) is 59.2 Å². The number of thiophene rings is 1. The van der Waals surface area contributed by atoms with Gasteiger partial charge in [-0.25, -0.2) is 9.97 Å². The molecule has 0 aliphatic rings. The summed E-state index contributed by atoms with van der Waals surface area (Å²) in [5.74, 6) is 2.04. The molecule has 0 spiro atoms. The standard InChI is InChI=1S/C17H19N3O2S2/c1-10-5-6-13(22-10)7-20(4)14(21)8-23-16-15-11(2)12(3)24-17(15)19-9-18-16/h5-6,9H,7-8H2,1-4H3. The number of carbonyl (C=O) groups excluding carboxylic acids is 1. The zero-order valence-electron chi connectivity index (χ0n) is 14.1. The van der Waals surface area contributed by atoms with Crippen LogP contribution in [0.25, 0.3) is 10.2 Å². The summed E-state index contributed by atoms with van der Waals surface area (Å²) in [5, 5.41) is 1.94. The number of furan rings is 1. The quantitative estimate of drug-likeness (QED) is 0.508. The molecule has 0 radical (unpaired) electrons. The maximum atomic E-state index is 12.4. The molecule has 3 rings (SSSR count). The maximum Gasteiger partial charge on any atom is 0.233 e. The second kappa shape index (κ2) is 6.94. The highest BCUT2D eigenvalue weighted by Crippen LogP contribution is 2.34. The van der Waals surface area contributed by atoms with Crippen molar-refractivity contribution in [2.45, 2.75) is 32.3 Å². The lowest BCUT2D eigenvalue weighted by atomic mass is 10.2. The van der Waals surface area contributed by atoms with Crippen LogP contribution in [0.2, 0.25) is 0 Å². The third-order valence-electron chi connectivity index (χ3n) is 3.88. The van der Waals surface area contributed by atoms with E-state index >= 15 is 0 Å². The van der Waals surface area contributed by atoms with Gasteiger partial charge in [0, 0.05) is 17.3 Å². The van der Waals surface area contributed by atoms with Gasteiger partial charge in [0.2, 0.25) is 5.91 Å². The van der Waals surface area contributed by atoms with Gasteiger partial charge in [0.05, 0.1) is 12.3 Å². The van der Waals surface area contributed by atoms with E-state index < -0.39 is 0 Å². The molecule has 0 unspecified atom stereocenters. The minimum Gasteiger partial charge on any atom is -0.464 e. The fourth-order valence-corrected chi connectivity index (χ4v) is 4.45. The molecule has 0 bridgehead atoms. The summed E-state index contributed by atoms with van der Waals surface area (Å²) in [5.41, 5.74) is 1.20. The molecule has 0 aliphatic heterocycles. The lowest BCUT2D eigenvalue weighted by Gasteiger charge is -2.15. The van der Waals surface area contributed by atoms with Crippen LogP contribution in [0.5, 0.6) is 0 Å². The van der Waals surface area contributed by atoms with Gasteiger partial charge in [-0.05, 0) is 38.5 Å². The molecule has 0 atom stereocenters. The minimum atomic E-state index is 0.0467. The van der Waals surface area contributed by atoms with Crippen molar-refractivity contribution in [1.29, 1.82) is 0 Å². The summed E-state index contributed by atoms with van der Waals surface area (Å²) in [6.45, 7) is 6.53. The highest BCUT2D eigenvalue weighted by molar-refractivity contribution is 8.00. The first-order valence-corrected chi connectivity index (χ1v) is 9.38. The summed E-state index contributed by atoms with van der Waals surface area (Å²) in [4.78, 5) is 25.0. The van der Waals surface area contributed by atoms with E-state index in [0.29, 0.717) is 12.3 Å². The van der Waals surface area contributed by atoms with E-state index in [0.717, 1.165) is 26.8 Å². The van der Waals surface area contributed by atoms with Crippen molar-refractivity contribution < 1.29 is 9.21 Å². The molecule has 3 aromatic rings. The van der Waals surface area contributed by atoms with Crippen LogP contribution in [0.1, 0.15) is 22.0 Å². The minimum absolute atomic E-state index is 0.0467. The summed E-state index contributed by atoms with van der Waals surface area (Å²) in [6, 6.07) is 3.80. The molecule has 7 heteroatoms. The number of fused-ring (bicyclic) bond motifs is 1. The highest BCUT2D eigenvalue weighted by Gasteiger charge is 2.16. The second-order valence-corrected chi connectivity index (χ2v) is 7.86. The number of amides is 1. The van der Waals surface area contributed by atoms with E-state index in [-0.39, 0.29) is 5.91 Å². The molecular formula is C17H19N3O2S2. The number of carbonyl (C=O) groups is 1. The van der Waals surface area contributed by atoms with Gasteiger partial charge in [-0.3, -0.25) is 4.79 Å². The molecule has 5 nitrogen and oxygen atoms in total. The molecule has 3 heterocycles. The van der Waals surface area contributed by atoms with Crippen LogP contribution in [0, 0.1) is 20.8 Å². The number of aromatic nitrogens is 2. The Balaban J connectivity index is 1.68. The van der Waals surface area contributed by atoms with Crippen LogP contribution in [0.15, 0.2) is 27.9 Å². The Morgan fingerprint density at radius 2 is 2.08 bits per heavy atom. The first-order chi connectivity index (χ1) is 11.5. The van der Waals surface area contributed by atoms with Gasteiger partial charge >= 0.3 is 0 Å². The van der Waals surface area contributed by atoms with Gasteiger partial charge in [0.25, 0.3) is 0 Å². The predicted molar refractivity (Wildman–Crippen MR) is 97.5 cm³/mol. The van der Waals surface area contributed by atoms with Crippen LogP contribution in [-0.2, 0) is 11.3 Å². The molecule has 3 aromatic heterocycles. The number of thioether (sulfide) groups is 1. The molecule has 0 N–H and O–H groups in total. The molecule has 0 aromatic carbocycles. The molecule has 0 aliphatic carbocycles. The Labute approximate surface area is 149 Å². The van der Waals surface area contributed by atoms with Gasteiger partial charge in [-0.2, -0.15) is 0 Å². The molecule has 1 amide bonds. The van der Waals surface area contributed by atoms with Crippen LogP contribution >= 0.6 is 23.1 Å². The van der Waals surface area contributed by atoms with E-state index in [1.807, 2.05) is 19.1 Å². The number of hydrogen-bond donors (Lipinski definition) is 0. The first-order valence-electron chi connectivity index (χ1n) is 7.58. The average molecular weight is 361 g/mol. The van der Waals surface area contributed by atoms with E-state index in [4.69, 9.17) is 4.42 Å². The highest BCUT2D eigenvalue weighted by atomic mass is 32.2. The number of rotatable bonds is 5. The predicted octanol–water partition coefficient (Wildman–Crippen LogP) is 3.96. The van der Waals surface area contributed by atoms with Crippen molar-refractivity contribution in [2.24, 2.45) is 0 Å². The first kappa shape index (κ1) is 17.0. The maximum absolute atomic E-state index is 12.4. The van der Waals surface area contributed by atoms with Crippen molar-refractivity contribution in [3.8, 4) is 0 Å². The fourth-order valence-electron chi connectivity index (χ4n) is 2.39. The Bertz CT molecular complexity index is 885. The van der Waals surface area contributed by atoms with Crippen LogP contribution in [0.3, 0.4) is 0 Å². The van der Waals surface area contributed by atoms with Crippen LogP contribution in [-0.4, -0.2) is 33.6 Å². The van der Waals surface area contributed by atoms with Crippen molar-refractivity contribution in [1.82, 2.24) is 14.9 Å². The smallest absolute Gasteiger partial charge is 0.233 e. The van der Waals surface area contributed by atoms with E-state index in [1.165, 1.54) is 22.2 Å². The van der Waals surface area contributed by atoms with Crippen LogP contribution in [0.4, 0.5) is 0 Å². The molecule has 0 saturated carbocycles. The Kier molecular flexibility index (Phi) is 4.91. The van der Waals surface area contributed by atoms with E-state index in [1.54, 1.807) is 29.6 Å². The number of hydrogen-bond acceptors (Lipinski definition) is 6. The summed E-state index contributed by atoms with van der Waals surface area (Å²) >= 11 is 3.13. The third-order valence-corrected chi connectivity index (χ3v) is 5.97. The average Bonchev–Trinajstić information content (AvgIpc) is 3.08. The summed E-state index contributed by atoms with van der Waals surface area (Å²) in [6.07, 6.45) is 1.57. The zero-order chi connectivity index (χ0) is 17.3. The lowest BCUT2D eigenvalue weighted by Crippen LogP contribution is -2.27. The van der Waals surface area contributed by atoms with Crippen molar-refractivity contribution in [3.63, 3.8) is 0 Å². The number of nitrogens with zero attached hydrogens (tertiary/aromatic N) is 3. The van der Waals surface area contributed by atoms with Gasteiger partial charge < -0.3 is 9.32 Å². The Morgan fingerprint density at radius 1 is 1.29 bits per heavy atom. The van der Waals surface area contributed by atoms with Gasteiger partial charge in [-0.1, -0.05) is 11.8 Å². The molecular weight excluding hydrogens is 342 g/mol. The van der Waals surface area contributed by atoms with Gasteiger partial charge in [-0.15, -0.1) is 11.3 Å². The molecule has 126 valence electrons. The van der Waals surface area contributed by atoms with Gasteiger partial charge in [0.15, 0.2) is 0 Å². The normalized spacial score (nSPS) is 11.2. The summed E-state index contributed by atoms with van der Waals surface area (Å²) in [7, 11) is 1.79. The number of aryl methyl sites for hydroxylation is 3. The van der Waals surface area contributed by atoms with Crippen molar-refractivity contribution in [2.75, 3.05) is 12.8 Å². The molecule has 0 saturated heterocycles. The molecule has 0 fully saturated rings. The Morgan fingerprint density at radius 3 is 2.79 bits per heavy atom. The largest absolute Gasteiger partial charge is 0.464 e. The SMILES string of the molecule is Cc1ccc(CN(C)C(=O)CSc2ncnc3sc(C)c(C)c23)o1. The Hall–Kier alpha value is -1.86. The van der Waals surface area contributed by atoms with Crippen molar-refractivity contribution in [3.05, 3.63) is 40.4 Å². The second-order valence-electron chi connectivity index (χ2n) is 5.69. The summed E-state index contributed by atoms with van der Waals surface area (Å²) < 4.78 is 5.52. The zero-order valence-corrected chi connectivity index (χ0v) is 15.8. The van der Waals surface area contributed by atoms with Crippen LogP contribution < -0.4 is 0 Å². The lowest BCUT2D eigenvalue weighted by molar-refractivity contribution is -0.127. The fraction of sp³-hybridized carbons (Fsp3) is 0.353. The monoisotopic (exact) mass is 361 g/mol. The van der Waals surface area contributed by atoms with E-state index in [9.17, 15) is 4.79 Å². The van der Waals surface area contributed by atoms with Crippen molar-refractivity contribution >= 4 is 39.2 Å². The van der Waals surface area contributed by atoms with Gasteiger partial charge in [0.1, 0.15) is 27.7 Å². The molecule has 24 heavy (non-hydrogen) atoms.